The molecule has 0 atom stereocenters. The number of para-hydroxylation sites is 1. The second-order valence-corrected chi connectivity index (χ2v) is 10.4. The van der Waals surface area contributed by atoms with Gasteiger partial charge in [0.1, 0.15) is 5.75 Å². The molecule has 5 nitrogen and oxygen atoms in total. The molecule has 0 saturated carbocycles. The van der Waals surface area contributed by atoms with Gasteiger partial charge in [-0.15, -0.1) is 0 Å². The highest BCUT2D eigenvalue weighted by Gasteiger charge is 2.16. The highest BCUT2D eigenvalue weighted by molar-refractivity contribution is 14.1. The maximum absolute atomic E-state index is 10.6. The fourth-order valence-electron chi connectivity index (χ4n) is 4.98. The van der Waals surface area contributed by atoms with Crippen molar-refractivity contribution in [3.05, 3.63) is 125 Å². The van der Waals surface area contributed by atoms with E-state index < -0.39 is 0 Å². The summed E-state index contributed by atoms with van der Waals surface area (Å²) in [5.74, 6) is 2.12. The quantitative estimate of drug-likeness (QED) is 0.202. The first-order chi connectivity index (χ1) is 19.2. The molecule has 0 spiro atoms. The summed E-state index contributed by atoms with van der Waals surface area (Å²) < 4.78 is 3.00. The van der Waals surface area contributed by atoms with Gasteiger partial charge in [0.2, 0.25) is 0 Å². The largest absolute Gasteiger partial charge is 0.507 e. The molecule has 0 bridgehead atoms. The fourth-order valence-corrected chi connectivity index (χ4v) is 5.44. The van der Waals surface area contributed by atoms with Crippen molar-refractivity contribution in [1.82, 2.24) is 19.5 Å². The van der Waals surface area contributed by atoms with Crippen LogP contribution in [0.4, 0.5) is 0 Å². The van der Waals surface area contributed by atoms with Crippen molar-refractivity contribution >= 4 is 44.4 Å². The third-order valence-electron chi connectivity index (χ3n) is 6.80. The molecular weight excluding hydrogens is 595 g/mol. The van der Waals surface area contributed by atoms with Gasteiger partial charge in [0.15, 0.2) is 17.5 Å². The third-order valence-corrected chi connectivity index (χ3v) is 7.67. The molecule has 0 radical (unpaired) electrons. The summed E-state index contributed by atoms with van der Waals surface area (Å²) in [4.78, 5) is 14.6. The minimum atomic E-state index is 0.265. The number of aromatic hydroxyl groups is 1. The first-order valence-electron chi connectivity index (χ1n) is 12.5. The van der Waals surface area contributed by atoms with Crippen LogP contribution in [0, 0.1) is 3.57 Å². The first-order valence-corrected chi connectivity index (χ1v) is 13.6. The molecule has 0 amide bonds. The molecule has 7 rings (SSSR count). The van der Waals surface area contributed by atoms with E-state index in [1.807, 2.05) is 97.1 Å². The van der Waals surface area contributed by atoms with Gasteiger partial charge < -0.3 is 9.67 Å². The van der Waals surface area contributed by atoms with Crippen molar-refractivity contribution in [3.63, 3.8) is 0 Å². The SMILES string of the molecule is Oc1cc2c(cc1I)c1ccccc1n2-c1cccc(-c2nc(-c3ccccc3)nc(-c3ccccc3)n2)c1. The lowest BCUT2D eigenvalue weighted by molar-refractivity contribution is 0.472. The number of rotatable bonds is 4. The van der Waals surface area contributed by atoms with Gasteiger partial charge in [-0.3, -0.25) is 0 Å². The molecular formula is C33H21IN4O. The van der Waals surface area contributed by atoms with Gasteiger partial charge in [0.05, 0.1) is 14.6 Å². The Morgan fingerprint density at radius 2 is 1.08 bits per heavy atom. The maximum atomic E-state index is 10.6. The number of benzene rings is 5. The maximum Gasteiger partial charge on any atom is 0.164 e. The number of hydrogen-bond donors (Lipinski definition) is 1. The second kappa shape index (κ2) is 9.63. The van der Waals surface area contributed by atoms with E-state index in [4.69, 9.17) is 15.0 Å². The average molecular weight is 616 g/mol. The van der Waals surface area contributed by atoms with Crippen LogP contribution in [0.1, 0.15) is 0 Å². The number of hydrogen-bond acceptors (Lipinski definition) is 4. The van der Waals surface area contributed by atoms with Gasteiger partial charge in [0.25, 0.3) is 0 Å². The summed E-state index contributed by atoms with van der Waals surface area (Å²) in [5, 5.41) is 12.8. The number of halogens is 1. The molecule has 0 aliphatic rings. The molecule has 186 valence electrons. The molecule has 2 heterocycles. The molecule has 0 unspecified atom stereocenters. The van der Waals surface area contributed by atoms with Gasteiger partial charge >= 0.3 is 0 Å². The van der Waals surface area contributed by atoms with Crippen LogP contribution >= 0.6 is 22.6 Å². The van der Waals surface area contributed by atoms with Gasteiger partial charge in [0, 0.05) is 39.2 Å². The molecule has 0 fully saturated rings. The van der Waals surface area contributed by atoms with Crippen LogP contribution in [0.3, 0.4) is 0 Å². The zero-order valence-corrected chi connectivity index (χ0v) is 22.8. The standard InChI is InChI=1S/C33H21IN4O/c34-27-19-26-25-16-7-8-17-28(25)38(29(26)20-30(27)39)24-15-9-14-23(18-24)33-36-31(21-10-3-1-4-11-21)35-32(37-33)22-12-5-2-6-13-22/h1-20,39H. The van der Waals surface area contributed by atoms with Crippen molar-refractivity contribution in [2.75, 3.05) is 0 Å². The van der Waals surface area contributed by atoms with Crippen molar-refractivity contribution in [1.29, 1.82) is 0 Å². The minimum Gasteiger partial charge on any atom is -0.507 e. The predicted molar refractivity (Wildman–Crippen MR) is 165 cm³/mol. The Morgan fingerprint density at radius 3 is 1.74 bits per heavy atom. The zero-order valence-electron chi connectivity index (χ0n) is 20.7. The first kappa shape index (κ1) is 23.5. The lowest BCUT2D eigenvalue weighted by atomic mass is 10.1. The average Bonchev–Trinajstić information content (AvgIpc) is 3.31. The fraction of sp³-hybridized carbons (Fsp3) is 0. The molecule has 0 aliphatic heterocycles. The van der Waals surface area contributed by atoms with Crippen LogP contribution in [0.25, 0.3) is 61.7 Å². The summed E-state index contributed by atoms with van der Waals surface area (Å²) in [6.45, 7) is 0. The lowest BCUT2D eigenvalue weighted by Gasteiger charge is -2.11. The van der Waals surface area contributed by atoms with E-state index in [0.29, 0.717) is 17.5 Å². The summed E-state index contributed by atoms with van der Waals surface area (Å²) in [6, 6.07) is 40.4. The molecule has 1 N–H and O–H groups in total. The molecule has 5 aromatic carbocycles. The van der Waals surface area contributed by atoms with Gasteiger partial charge in [-0.1, -0.05) is 91.0 Å². The molecule has 2 aromatic heterocycles. The number of aromatic nitrogens is 4. The molecule has 0 saturated heterocycles. The summed E-state index contributed by atoms with van der Waals surface area (Å²) in [5.41, 5.74) is 5.71. The Kier molecular flexibility index (Phi) is 5.82. The molecule has 0 aliphatic carbocycles. The Balaban J connectivity index is 1.45. The number of phenols is 1. The van der Waals surface area contributed by atoms with E-state index in [1.165, 1.54) is 0 Å². The number of fused-ring (bicyclic) bond motifs is 3. The molecule has 7 aromatic rings. The van der Waals surface area contributed by atoms with E-state index in [2.05, 4.69) is 51.4 Å². The van der Waals surface area contributed by atoms with Crippen LogP contribution in [0.5, 0.6) is 5.75 Å². The van der Waals surface area contributed by atoms with Crippen molar-refractivity contribution in [3.8, 4) is 45.6 Å². The van der Waals surface area contributed by atoms with Crippen LogP contribution in [0.2, 0.25) is 0 Å². The topological polar surface area (TPSA) is 63.8 Å². The van der Waals surface area contributed by atoms with E-state index >= 15 is 0 Å². The highest BCUT2D eigenvalue weighted by Crippen LogP contribution is 2.37. The van der Waals surface area contributed by atoms with E-state index in [9.17, 15) is 5.11 Å². The van der Waals surface area contributed by atoms with Crippen molar-refractivity contribution in [2.24, 2.45) is 0 Å². The van der Waals surface area contributed by atoms with E-state index in [1.54, 1.807) is 0 Å². The Labute approximate surface area is 238 Å². The molecule has 6 heteroatoms. The van der Waals surface area contributed by atoms with Crippen LogP contribution in [-0.2, 0) is 0 Å². The number of nitrogens with zero attached hydrogens (tertiary/aromatic N) is 4. The highest BCUT2D eigenvalue weighted by atomic mass is 127. The zero-order chi connectivity index (χ0) is 26.3. The summed E-state index contributed by atoms with van der Waals surface area (Å²) >= 11 is 2.18. The minimum absolute atomic E-state index is 0.265. The predicted octanol–water partition coefficient (Wildman–Crippen LogP) is 8.28. The number of phenolic OH excluding ortho intramolecular Hbond substituents is 1. The normalized spacial score (nSPS) is 11.3. The van der Waals surface area contributed by atoms with Crippen LogP contribution < -0.4 is 0 Å². The monoisotopic (exact) mass is 616 g/mol. The Hall–Kier alpha value is -4.56. The lowest BCUT2D eigenvalue weighted by Crippen LogP contribution is -2.01. The Bertz CT molecular complexity index is 1930. The summed E-state index contributed by atoms with van der Waals surface area (Å²) in [6.07, 6.45) is 0. The van der Waals surface area contributed by atoms with Crippen molar-refractivity contribution in [2.45, 2.75) is 0 Å². The summed E-state index contributed by atoms with van der Waals surface area (Å²) in [7, 11) is 0. The third kappa shape index (κ3) is 4.23. The van der Waals surface area contributed by atoms with E-state index in [-0.39, 0.29) is 5.75 Å². The van der Waals surface area contributed by atoms with Crippen LogP contribution in [-0.4, -0.2) is 24.6 Å². The Morgan fingerprint density at radius 1 is 0.513 bits per heavy atom. The van der Waals surface area contributed by atoms with Crippen molar-refractivity contribution < 1.29 is 5.11 Å². The second-order valence-electron chi connectivity index (χ2n) is 9.26. The van der Waals surface area contributed by atoms with Gasteiger partial charge in [-0.25, -0.2) is 15.0 Å². The van der Waals surface area contributed by atoms with Gasteiger partial charge in [-0.05, 0) is 46.9 Å². The molecule has 39 heavy (non-hydrogen) atoms. The van der Waals surface area contributed by atoms with Gasteiger partial charge in [-0.2, -0.15) is 0 Å². The van der Waals surface area contributed by atoms with E-state index in [0.717, 1.165) is 47.8 Å². The van der Waals surface area contributed by atoms with Crippen LogP contribution in [0.15, 0.2) is 121 Å². The smallest absolute Gasteiger partial charge is 0.164 e.